The number of benzene rings is 1. The lowest BCUT2D eigenvalue weighted by molar-refractivity contribution is 0.0739. The minimum atomic E-state index is 0.0251. The second-order valence-corrected chi connectivity index (χ2v) is 8.47. The maximum atomic E-state index is 12.8. The van der Waals surface area contributed by atoms with Crippen LogP contribution in [0.5, 0.6) is 0 Å². The summed E-state index contributed by atoms with van der Waals surface area (Å²) in [5.41, 5.74) is 3.87. The second kappa shape index (κ2) is 6.96. The minimum Gasteiger partial charge on any atom is -0.345 e. The van der Waals surface area contributed by atoms with Gasteiger partial charge in [-0.3, -0.25) is 9.48 Å². The van der Waals surface area contributed by atoms with Crippen LogP contribution in [0.15, 0.2) is 24.3 Å². The van der Waals surface area contributed by atoms with E-state index in [-0.39, 0.29) is 11.9 Å². The number of aryl methyl sites for hydroxylation is 2. The Balaban J connectivity index is 1.45. The summed E-state index contributed by atoms with van der Waals surface area (Å²) in [6, 6.07) is 8.51. The first-order valence-electron chi connectivity index (χ1n) is 9.40. The zero-order valence-electron chi connectivity index (χ0n) is 16.3. The van der Waals surface area contributed by atoms with Crippen molar-refractivity contribution in [2.75, 3.05) is 31.1 Å². The van der Waals surface area contributed by atoms with Gasteiger partial charge in [0.05, 0.1) is 10.2 Å². The summed E-state index contributed by atoms with van der Waals surface area (Å²) >= 11 is 1.73. The van der Waals surface area contributed by atoms with E-state index < -0.39 is 0 Å². The molecule has 1 fully saturated rings. The standard InChI is InChI=1S/C20H25N5OS/c1-13(2)25-15(4)12-17(22-25)19(26)23-7-9-24(10-8-23)20-21-16-6-5-14(3)11-18(16)27-20/h5-6,11-13H,7-10H2,1-4H3. The number of aromatic nitrogens is 3. The van der Waals surface area contributed by atoms with E-state index in [4.69, 9.17) is 4.98 Å². The number of carbonyl (C=O) groups excluding carboxylic acids is 1. The molecule has 1 saturated heterocycles. The van der Waals surface area contributed by atoms with Gasteiger partial charge in [-0.05, 0) is 51.5 Å². The van der Waals surface area contributed by atoms with Gasteiger partial charge in [-0.15, -0.1) is 0 Å². The number of carbonyl (C=O) groups is 1. The van der Waals surface area contributed by atoms with E-state index in [1.54, 1.807) is 11.3 Å². The van der Waals surface area contributed by atoms with Crippen LogP contribution in [0.25, 0.3) is 10.2 Å². The number of hydrogen-bond donors (Lipinski definition) is 0. The third-order valence-electron chi connectivity index (χ3n) is 5.00. The summed E-state index contributed by atoms with van der Waals surface area (Å²) in [4.78, 5) is 21.8. The Bertz CT molecular complexity index is 982. The highest BCUT2D eigenvalue weighted by Gasteiger charge is 2.26. The average molecular weight is 384 g/mol. The topological polar surface area (TPSA) is 54.3 Å². The molecule has 6 nitrogen and oxygen atoms in total. The average Bonchev–Trinajstić information content (AvgIpc) is 3.24. The largest absolute Gasteiger partial charge is 0.345 e. The van der Waals surface area contributed by atoms with Crippen LogP contribution < -0.4 is 4.90 Å². The van der Waals surface area contributed by atoms with Crippen molar-refractivity contribution in [2.45, 2.75) is 33.7 Å². The molecule has 0 atom stereocenters. The molecule has 4 rings (SSSR count). The van der Waals surface area contributed by atoms with Crippen molar-refractivity contribution in [3.8, 4) is 0 Å². The maximum Gasteiger partial charge on any atom is 0.274 e. The van der Waals surface area contributed by atoms with Crippen molar-refractivity contribution >= 4 is 32.6 Å². The second-order valence-electron chi connectivity index (χ2n) is 7.46. The van der Waals surface area contributed by atoms with E-state index in [1.807, 2.05) is 22.6 Å². The van der Waals surface area contributed by atoms with E-state index in [9.17, 15) is 4.79 Å². The van der Waals surface area contributed by atoms with E-state index in [2.05, 4.69) is 49.0 Å². The zero-order chi connectivity index (χ0) is 19.1. The van der Waals surface area contributed by atoms with Gasteiger partial charge in [-0.1, -0.05) is 17.4 Å². The van der Waals surface area contributed by atoms with E-state index >= 15 is 0 Å². The van der Waals surface area contributed by atoms with Crippen LogP contribution in [0.1, 0.15) is 41.6 Å². The first-order valence-corrected chi connectivity index (χ1v) is 10.2. The van der Waals surface area contributed by atoms with Gasteiger partial charge in [0.1, 0.15) is 0 Å². The SMILES string of the molecule is Cc1ccc2nc(N3CCN(C(=O)c4cc(C)n(C(C)C)n4)CC3)sc2c1. The summed E-state index contributed by atoms with van der Waals surface area (Å²) < 4.78 is 3.13. The molecule has 0 N–H and O–H groups in total. The smallest absolute Gasteiger partial charge is 0.274 e. The van der Waals surface area contributed by atoms with Crippen LogP contribution in [-0.4, -0.2) is 51.8 Å². The molecule has 1 aromatic carbocycles. The van der Waals surface area contributed by atoms with Crippen molar-refractivity contribution in [1.29, 1.82) is 0 Å². The lowest BCUT2D eigenvalue weighted by atomic mass is 10.2. The fourth-order valence-electron chi connectivity index (χ4n) is 3.53. The van der Waals surface area contributed by atoms with Crippen molar-refractivity contribution < 1.29 is 4.79 Å². The molecular weight excluding hydrogens is 358 g/mol. The predicted octanol–water partition coefficient (Wildman–Crippen LogP) is 3.65. The van der Waals surface area contributed by atoms with Gasteiger partial charge in [-0.25, -0.2) is 4.98 Å². The Labute approximate surface area is 163 Å². The van der Waals surface area contributed by atoms with Gasteiger partial charge in [0, 0.05) is 37.9 Å². The molecule has 3 heterocycles. The lowest BCUT2D eigenvalue weighted by Crippen LogP contribution is -2.48. The van der Waals surface area contributed by atoms with Crippen LogP contribution in [0.3, 0.4) is 0 Å². The number of hydrogen-bond acceptors (Lipinski definition) is 5. The molecule has 0 saturated carbocycles. The van der Waals surface area contributed by atoms with Crippen LogP contribution in [0, 0.1) is 13.8 Å². The molecule has 142 valence electrons. The van der Waals surface area contributed by atoms with Gasteiger partial charge in [0.25, 0.3) is 5.91 Å². The highest BCUT2D eigenvalue weighted by atomic mass is 32.1. The summed E-state index contributed by atoms with van der Waals surface area (Å²) in [5, 5.41) is 5.54. The molecule has 0 radical (unpaired) electrons. The minimum absolute atomic E-state index is 0.0251. The molecule has 0 bridgehead atoms. The van der Waals surface area contributed by atoms with Crippen molar-refractivity contribution in [3.63, 3.8) is 0 Å². The molecule has 27 heavy (non-hydrogen) atoms. The third-order valence-corrected chi connectivity index (χ3v) is 6.08. The van der Waals surface area contributed by atoms with Crippen LogP contribution in [-0.2, 0) is 0 Å². The molecule has 7 heteroatoms. The number of amides is 1. The molecule has 0 spiro atoms. The Hall–Kier alpha value is -2.41. The van der Waals surface area contributed by atoms with E-state index in [0.717, 1.165) is 29.4 Å². The first kappa shape index (κ1) is 18.0. The Morgan fingerprint density at radius 1 is 1.11 bits per heavy atom. The van der Waals surface area contributed by atoms with Crippen molar-refractivity contribution in [3.05, 3.63) is 41.2 Å². The van der Waals surface area contributed by atoms with Crippen molar-refractivity contribution in [2.24, 2.45) is 0 Å². The Morgan fingerprint density at radius 2 is 1.85 bits per heavy atom. The van der Waals surface area contributed by atoms with Crippen molar-refractivity contribution in [1.82, 2.24) is 19.7 Å². The fourth-order valence-corrected chi connectivity index (χ4v) is 4.65. The van der Waals surface area contributed by atoms with Crippen LogP contribution >= 0.6 is 11.3 Å². The molecule has 0 unspecified atom stereocenters. The quantitative estimate of drug-likeness (QED) is 0.693. The maximum absolute atomic E-state index is 12.8. The van der Waals surface area contributed by atoms with E-state index in [1.165, 1.54) is 10.3 Å². The number of nitrogens with zero attached hydrogens (tertiary/aromatic N) is 5. The summed E-state index contributed by atoms with van der Waals surface area (Å²) in [7, 11) is 0. The molecule has 3 aromatic rings. The Kier molecular flexibility index (Phi) is 4.63. The molecule has 1 aliphatic rings. The van der Waals surface area contributed by atoms with E-state index in [0.29, 0.717) is 18.8 Å². The first-order chi connectivity index (χ1) is 12.9. The normalized spacial score (nSPS) is 15.1. The molecular formula is C20H25N5OS. The number of rotatable bonds is 3. The van der Waals surface area contributed by atoms with Crippen LogP contribution in [0.4, 0.5) is 5.13 Å². The van der Waals surface area contributed by atoms with Gasteiger partial charge in [0.15, 0.2) is 10.8 Å². The zero-order valence-corrected chi connectivity index (χ0v) is 17.1. The van der Waals surface area contributed by atoms with Gasteiger partial charge in [0.2, 0.25) is 0 Å². The molecule has 1 amide bonds. The predicted molar refractivity (Wildman–Crippen MR) is 110 cm³/mol. The molecule has 1 aliphatic heterocycles. The summed E-state index contributed by atoms with van der Waals surface area (Å²) in [6.07, 6.45) is 0. The highest BCUT2D eigenvalue weighted by Crippen LogP contribution is 2.30. The van der Waals surface area contributed by atoms with Gasteiger partial charge in [-0.2, -0.15) is 5.10 Å². The molecule has 0 aliphatic carbocycles. The van der Waals surface area contributed by atoms with Gasteiger partial charge >= 0.3 is 0 Å². The Morgan fingerprint density at radius 3 is 2.52 bits per heavy atom. The molecule has 2 aromatic heterocycles. The summed E-state index contributed by atoms with van der Waals surface area (Å²) in [6.45, 7) is 11.2. The monoisotopic (exact) mass is 383 g/mol. The number of piperazine rings is 1. The summed E-state index contributed by atoms with van der Waals surface area (Å²) in [5.74, 6) is 0.0251. The lowest BCUT2D eigenvalue weighted by Gasteiger charge is -2.34. The highest BCUT2D eigenvalue weighted by molar-refractivity contribution is 7.22. The number of thiazole rings is 1. The number of fused-ring (bicyclic) bond motifs is 1. The fraction of sp³-hybridized carbons (Fsp3) is 0.450. The third kappa shape index (κ3) is 3.43. The van der Waals surface area contributed by atoms with Crippen LogP contribution in [0.2, 0.25) is 0 Å². The number of anilines is 1. The van der Waals surface area contributed by atoms with Gasteiger partial charge < -0.3 is 9.80 Å².